The monoisotopic (exact) mass is 486 g/mol. The molecule has 0 bridgehead atoms. The fraction of sp³-hybridized carbons (Fsp3) is 0.273. The summed E-state index contributed by atoms with van der Waals surface area (Å²) in [4.78, 5) is 9.86. The smallest absolute Gasteiger partial charge is 0.327 e. The van der Waals surface area contributed by atoms with Crippen molar-refractivity contribution in [2.45, 2.75) is 32.0 Å². The lowest BCUT2D eigenvalue weighted by Gasteiger charge is -2.17. The van der Waals surface area contributed by atoms with Crippen LogP contribution in [0.4, 0.5) is 26.3 Å². The van der Waals surface area contributed by atoms with Crippen molar-refractivity contribution < 1.29 is 26.3 Å². The molecule has 0 aliphatic rings. The maximum atomic E-state index is 13.2. The second kappa shape index (κ2) is 8.49. The van der Waals surface area contributed by atoms with Gasteiger partial charge in [-0.25, -0.2) is 9.97 Å². The van der Waals surface area contributed by atoms with Crippen molar-refractivity contribution in [3.8, 4) is 0 Å². The molecule has 2 aromatic carbocycles. The number of rotatable bonds is 5. The zero-order valence-corrected chi connectivity index (χ0v) is 17.9. The molecule has 33 heavy (non-hydrogen) atoms. The van der Waals surface area contributed by atoms with Crippen molar-refractivity contribution in [1.29, 1.82) is 0 Å². The molecule has 0 saturated heterocycles. The molecule has 0 atom stereocenters. The van der Waals surface area contributed by atoms with Crippen LogP contribution < -0.4 is 0 Å². The molecular weight excluding hydrogens is 470 g/mol. The Bertz CT molecular complexity index is 1290. The first-order valence-electron chi connectivity index (χ1n) is 9.75. The molecule has 2 aromatic heterocycles. The molecule has 0 amide bonds. The second-order valence-electron chi connectivity index (χ2n) is 7.78. The van der Waals surface area contributed by atoms with Gasteiger partial charge in [-0.2, -0.15) is 26.3 Å². The quantitative estimate of drug-likeness (QED) is 0.240. The second-order valence-corrected chi connectivity index (χ2v) is 8.14. The summed E-state index contributed by atoms with van der Waals surface area (Å²) in [5.41, 5.74) is 1.56. The van der Waals surface area contributed by atoms with Crippen LogP contribution in [0.5, 0.6) is 0 Å². The summed E-state index contributed by atoms with van der Waals surface area (Å²) in [7, 11) is 1.80. The van der Waals surface area contributed by atoms with Gasteiger partial charge in [0.2, 0.25) is 0 Å². The third kappa shape index (κ3) is 5.06. The number of benzene rings is 2. The van der Waals surface area contributed by atoms with E-state index in [0.717, 1.165) is 22.3 Å². The molecule has 0 radical (unpaired) electrons. The van der Waals surface area contributed by atoms with Crippen LogP contribution in [0.3, 0.4) is 0 Å². The molecule has 11 heteroatoms. The van der Waals surface area contributed by atoms with Gasteiger partial charge in [-0.15, -0.1) is 0 Å². The van der Waals surface area contributed by atoms with E-state index in [4.69, 9.17) is 11.6 Å². The number of aromatic nitrogens is 3. The maximum absolute atomic E-state index is 13.2. The van der Waals surface area contributed by atoms with Gasteiger partial charge in [-0.3, -0.25) is 4.90 Å². The summed E-state index contributed by atoms with van der Waals surface area (Å²) in [6.07, 6.45) is -7.65. The Morgan fingerprint density at radius 1 is 0.909 bits per heavy atom. The minimum absolute atomic E-state index is 0.0681. The van der Waals surface area contributed by atoms with Crippen molar-refractivity contribution in [2.24, 2.45) is 0 Å². The summed E-state index contributed by atoms with van der Waals surface area (Å²) in [5.74, 6) is 0. The van der Waals surface area contributed by atoms with Crippen molar-refractivity contribution in [1.82, 2.24) is 19.4 Å². The SMILES string of the molecule is CN(Cc1ccc(C(F)(F)F)cc1)Cc1ccc2c(c1)c1ncnc(Cl)c1n2CC(F)(F)F. The Morgan fingerprint density at radius 3 is 2.18 bits per heavy atom. The van der Waals surface area contributed by atoms with Gasteiger partial charge in [0.1, 0.15) is 23.9 Å². The van der Waals surface area contributed by atoms with Crippen LogP contribution in [0.15, 0.2) is 48.8 Å². The highest BCUT2D eigenvalue weighted by molar-refractivity contribution is 6.34. The molecular formula is C22H17ClF6N4. The summed E-state index contributed by atoms with van der Waals surface area (Å²) in [6, 6.07) is 9.96. The van der Waals surface area contributed by atoms with Crippen molar-refractivity contribution in [2.75, 3.05) is 7.05 Å². The third-order valence-electron chi connectivity index (χ3n) is 5.18. The minimum Gasteiger partial charge on any atom is -0.327 e. The van der Waals surface area contributed by atoms with E-state index in [0.29, 0.717) is 35.1 Å². The van der Waals surface area contributed by atoms with Crippen molar-refractivity contribution in [3.63, 3.8) is 0 Å². The molecule has 4 nitrogen and oxygen atoms in total. The van der Waals surface area contributed by atoms with Crippen LogP contribution in [0.2, 0.25) is 5.15 Å². The van der Waals surface area contributed by atoms with E-state index in [2.05, 4.69) is 9.97 Å². The molecule has 0 spiro atoms. The lowest BCUT2D eigenvalue weighted by molar-refractivity contribution is -0.139. The molecule has 2 heterocycles. The molecule has 0 saturated carbocycles. The molecule has 174 valence electrons. The van der Waals surface area contributed by atoms with Crippen LogP contribution in [0.25, 0.3) is 21.9 Å². The van der Waals surface area contributed by atoms with Gasteiger partial charge < -0.3 is 4.57 Å². The largest absolute Gasteiger partial charge is 0.416 e. The topological polar surface area (TPSA) is 34.0 Å². The fourth-order valence-electron chi connectivity index (χ4n) is 3.84. The first kappa shape index (κ1) is 23.3. The van der Waals surface area contributed by atoms with E-state index in [9.17, 15) is 26.3 Å². The summed E-state index contributed by atoms with van der Waals surface area (Å²) >= 11 is 6.10. The Hall–Kier alpha value is -2.85. The van der Waals surface area contributed by atoms with Crippen molar-refractivity contribution >= 4 is 33.5 Å². The van der Waals surface area contributed by atoms with Gasteiger partial charge in [0, 0.05) is 18.5 Å². The van der Waals surface area contributed by atoms with E-state index < -0.39 is 24.5 Å². The Morgan fingerprint density at radius 2 is 1.55 bits per heavy atom. The average molecular weight is 487 g/mol. The van der Waals surface area contributed by atoms with E-state index in [-0.39, 0.29) is 10.7 Å². The number of alkyl halides is 6. The lowest BCUT2D eigenvalue weighted by Crippen LogP contribution is -2.18. The van der Waals surface area contributed by atoms with Gasteiger partial charge in [0.05, 0.1) is 11.1 Å². The zero-order chi connectivity index (χ0) is 24.0. The molecule has 0 aliphatic carbocycles. The van der Waals surface area contributed by atoms with E-state index >= 15 is 0 Å². The normalized spacial score (nSPS) is 12.9. The predicted molar refractivity (Wildman–Crippen MR) is 113 cm³/mol. The third-order valence-corrected chi connectivity index (χ3v) is 5.45. The Kier molecular flexibility index (Phi) is 6.00. The number of halogens is 7. The lowest BCUT2D eigenvalue weighted by atomic mass is 10.1. The van der Waals surface area contributed by atoms with Crippen LogP contribution in [0, 0.1) is 0 Å². The van der Waals surface area contributed by atoms with E-state index in [1.807, 2.05) is 4.90 Å². The van der Waals surface area contributed by atoms with E-state index in [1.165, 1.54) is 18.5 Å². The summed E-state index contributed by atoms with van der Waals surface area (Å²) < 4.78 is 78.8. The Labute approximate surface area is 189 Å². The van der Waals surface area contributed by atoms with Gasteiger partial charge in [0.25, 0.3) is 0 Å². The first-order chi connectivity index (χ1) is 15.4. The van der Waals surface area contributed by atoms with Crippen molar-refractivity contribution in [3.05, 3.63) is 70.6 Å². The molecule has 0 fully saturated rings. The predicted octanol–water partition coefficient (Wildman–Crippen LogP) is 6.45. The Balaban J connectivity index is 1.62. The number of nitrogens with zero attached hydrogens (tertiary/aromatic N) is 4. The fourth-order valence-corrected chi connectivity index (χ4v) is 4.08. The highest BCUT2D eigenvalue weighted by atomic mass is 35.5. The van der Waals surface area contributed by atoms with Gasteiger partial charge >= 0.3 is 12.4 Å². The summed E-state index contributed by atoms with van der Waals surface area (Å²) in [5, 5.41) is 0.445. The number of hydrogen-bond acceptors (Lipinski definition) is 3. The van der Waals surface area contributed by atoms with Crippen LogP contribution >= 0.6 is 11.6 Å². The highest BCUT2D eigenvalue weighted by Gasteiger charge is 2.31. The number of fused-ring (bicyclic) bond motifs is 3. The standard InChI is InChI=1S/C22H17ClF6N4/c1-32(9-13-2-5-15(6-3-13)22(27,28)29)10-14-4-7-17-16(8-14)18-19(20(23)31-12-30-18)33(17)11-21(24,25)26/h2-8,12H,9-11H2,1H3. The average Bonchev–Trinajstić information content (AvgIpc) is 3.00. The van der Waals surface area contributed by atoms with Crippen LogP contribution in [0.1, 0.15) is 16.7 Å². The molecule has 0 aliphatic heterocycles. The van der Waals surface area contributed by atoms with Gasteiger partial charge in [0.15, 0.2) is 5.15 Å². The maximum Gasteiger partial charge on any atom is 0.416 e. The molecule has 4 aromatic rings. The first-order valence-corrected chi connectivity index (χ1v) is 10.1. The zero-order valence-electron chi connectivity index (χ0n) is 17.2. The summed E-state index contributed by atoms with van der Waals surface area (Å²) in [6.45, 7) is -0.422. The highest BCUT2D eigenvalue weighted by Crippen LogP contribution is 2.34. The van der Waals surface area contributed by atoms with E-state index in [1.54, 1.807) is 25.2 Å². The van der Waals surface area contributed by atoms with Crippen LogP contribution in [-0.4, -0.2) is 32.7 Å². The minimum atomic E-state index is -4.46. The van der Waals surface area contributed by atoms with Crippen LogP contribution in [-0.2, 0) is 25.8 Å². The van der Waals surface area contributed by atoms with Gasteiger partial charge in [-0.1, -0.05) is 29.8 Å². The molecule has 4 rings (SSSR count). The number of hydrogen-bond donors (Lipinski definition) is 0. The molecule has 0 N–H and O–H groups in total. The van der Waals surface area contributed by atoms with Gasteiger partial charge in [-0.05, 0) is 42.4 Å². The molecule has 0 unspecified atom stereocenters.